The molecule has 0 radical (unpaired) electrons. The van der Waals surface area contributed by atoms with Gasteiger partial charge in [0.05, 0.1) is 10.8 Å². The Morgan fingerprint density at radius 2 is 1.85 bits per heavy atom. The molecule has 0 aliphatic heterocycles. The summed E-state index contributed by atoms with van der Waals surface area (Å²) in [5, 5.41) is 0. The third kappa shape index (κ3) is 3.32. The number of hydrogen-bond acceptors (Lipinski definition) is 2. The lowest BCUT2D eigenvalue weighted by atomic mass is 10.1. The van der Waals surface area contributed by atoms with Crippen LogP contribution in [0, 0.1) is 12.7 Å². The van der Waals surface area contributed by atoms with E-state index in [2.05, 4.69) is 0 Å². The van der Waals surface area contributed by atoms with Crippen molar-refractivity contribution >= 4 is 21.6 Å². The number of aryl methyl sites for hydroxylation is 1. The van der Waals surface area contributed by atoms with Gasteiger partial charge in [0.25, 0.3) is 0 Å². The van der Waals surface area contributed by atoms with Crippen molar-refractivity contribution < 1.29 is 12.8 Å². The van der Waals surface area contributed by atoms with Gasteiger partial charge < -0.3 is 0 Å². The van der Waals surface area contributed by atoms with Gasteiger partial charge in [-0.05, 0) is 37.5 Å². The van der Waals surface area contributed by atoms with Gasteiger partial charge in [0.2, 0.25) is 10.0 Å². The Hall–Kier alpha value is -0.650. The molecule has 114 valence electrons. The van der Waals surface area contributed by atoms with Crippen molar-refractivity contribution in [1.82, 2.24) is 4.31 Å². The summed E-state index contributed by atoms with van der Waals surface area (Å²) in [7, 11) is -2.06. The summed E-state index contributed by atoms with van der Waals surface area (Å²) in [4.78, 5) is 0.0986. The summed E-state index contributed by atoms with van der Waals surface area (Å²) in [5.74, 6) is -0.491. The molecular weight excluding hydrogens is 301 g/mol. The van der Waals surface area contributed by atoms with E-state index in [1.54, 1.807) is 14.0 Å². The van der Waals surface area contributed by atoms with Gasteiger partial charge in [0.15, 0.2) is 0 Å². The van der Waals surface area contributed by atoms with E-state index in [1.807, 2.05) is 13.8 Å². The average molecular weight is 322 g/mol. The largest absolute Gasteiger partial charge is 0.243 e. The zero-order valence-electron chi connectivity index (χ0n) is 12.3. The maximum absolute atomic E-state index is 13.8. The summed E-state index contributed by atoms with van der Waals surface area (Å²) >= 11 is 5.67. The van der Waals surface area contributed by atoms with Crippen LogP contribution in [0.1, 0.15) is 37.8 Å². The lowest BCUT2D eigenvalue weighted by Crippen LogP contribution is -2.36. The molecule has 1 aromatic carbocycles. The van der Waals surface area contributed by atoms with Gasteiger partial charge in [-0.15, -0.1) is 11.6 Å². The second-order valence-corrected chi connectivity index (χ2v) is 7.10. The highest BCUT2D eigenvalue weighted by molar-refractivity contribution is 7.89. The quantitative estimate of drug-likeness (QED) is 0.749. The Morgan fingerprint density at radius 3 is 2.30 bits per heavy atom. The Labute approximate surface area is 125 Å². The highest BCUT2D eigenvalue weighted by Gasteiger charge is 2.27. The molecule has 20 heavy (non-hydrogen) atoms. The summed E-state index contributed by atoms with van der Waals surface area (Å²) < 4.78 is 40.3. The van der Waals surface area contributed by atoms with Crippen LogP contribution in [0.4, 0.5) is 4.39 Å². The van der Waals surface area contributed by atoms with Crippen molar-refractivity contribution in [2.24, 2.45) is 0 Å². The third-order valence-electron chi connectivity index (χ3n) is 3.58. The Kier molecular flexibility index (Phi) is 5.98. The smallest absolute Gasteiger partial charge is 0.207 e. The van der Waals surface area contributed by atoms with Gasteiger partial charge in [-0.1, -0.05) is 13.8 Å². The number of benzene rings is 1. The SMILES string of the molecule is CCC(CC)N(C)S(=O)(=O)c1cc(C)c(F)c(CCl)c1. The molecule has 1 rings (SSSR count). The normalized spacial score (nSPS) is 12.4. The highest BCUT2D eigenvalue weighted by Crippen LogP contribution is 2.24. The molecule has 0 heterocycles. The number of rotatable bonds is 6. The van der Waals surface area contributed by atoms with Crippen LogP contribution in [0.25, 0.3) is 0 Å². The van der Waals surface area contributed by atoms with E-state index in [0.717, 1.165) is 12.8 Å². The van der Waals surface area contributed by atoms with E-state index in [4.69, 9.17) is 11.6 Å². The topological polar surface area (TPSA) is 37.4 Å². The van der Waals surface area contributed by atoms with Crippen molar-refractivity contribution in [3.63, 3.8) is 0 Å². The van der Waals surface area contributed by atoms with Crippen molar-refractivity contribution in [1.29, 1.82) is 0 Å². The van der Waals surface area contributed by atoms with Crippen LogP contribution in [-0.4, -0.2) is 25.8 Å². The van der Waals surface area contributed by atoms with Gasteiger partial charge in [-0.25, -0.2) is 12.8 Å². The summed E-state index contributed by atoms with van der Waals surface area (Å²) in [6.07, 6.45) is 1.46. The number of sulfonamides is 1. The maximum atomic E-state index is 13.8. The minimum Gasteiger partial charge on any atom is -0.207 e. The van der Waals surface area contributed by atoms with Gasteiger partial charge in [-0.3, -0.25) is 0 Å². The van der Waals surface area contributed by atoms with Crippen LogP contribution >= 0.6 is 11.6 Å². The zero-order chi connectivity index (χ0) is 15.5. The van der Waals surface area contributed by atoms with E-state index in [0.29, 0.717) is 5.56 Å². The highest BCUT2D eigenvalue weighted by atomic mass is 35.5. The first-order valence-corrected chi connectivity index (χ1v) is 8.60. The molecule has 3 nitrogen and oxygen atoms in total. The number of halogens is 2. The number of alkyl halides is 1. The van der Waals surface area contributed by atoms with Crippen molar-refractivity contribution in [2.75, 3.05) is 7.05 Å². The molecule has 1 aromatic rings. The monoisotopic (exact) mass is 321 g/mol. The Morgan fingerprint density at radius 1 is 1.30 bits per heavy atom. The first-order valence-electron chi connectivity index (χ1n) is 6.62. The number of hydrogen-bond donors (Lipinski definition) is 0. The van der Waals surface area contributed by atoms with Crippen LogP contribution in [0.2, 0.25) is 0 Å². The predicted molar refractivity (Wildman–Crippen MR) is 80.0 cm³/mol. The zero-order valence-corrected chi connectivity index (χ0v) is 13.9. The molecule has 0 unspecified atom stereocenters. The molecule has 0 aliphatic rings. The molecule has 0 amide bonds. The molecule has 0 spiro atoms. The van der Waals surface area contributed by atoms with E-state index < -0.39 is 15.8 Å². The van der Waals surface area contributed by atoms with Crippen LogP contribution in [0.5, 0.6) is 0 Å². The summed E-state index contributed by atoms with van der Waals surface area (Å²) in [6, 6.07) is 2.62. The van der Waals surface area contributed by atoms with Crippen molar-refractivity contribution in [3.05, 3.63) is 29.1 Å². The maximum Gasteiger partial charge on any atom is 0.243 e. The van der Waals surface area contributed by atoms with Crippen LogP contribution in [0.3, 0.4) is 0 Å². The van der Waals surface area contributed by atoms with Gasteiger partial charge in [0, 0.05) is 18.7 Å². The summed E-state index contributed by atoms with van der Waals surface area (Å²) in [6.45, 7) is 5.43. The van der Waals surface area contributed by atoms with E-state index in [-0.39, 0.29) is 22.4 Å². The molecule has 0 aliphatic carbocycles. The van der Waals surface area contributed by atoms with Crippen molar-refractivity contribution in [3.8, 4) is 0 Å². The molecule has 0 saturated carbocycles. The minimum absolute atomic E-state index is 0.0509. The number of nitrogens with zero attached hydrogens (tertiary/aromatic N) is 1. The summed E-state index contributed by atoms with van der Waals surface area (Å²) in [5.41, 5.74) is 0.503. The second-order valence-electron chi connectivity index (χ2n) is 4.84. The van der Waals surface area contributed by atoms with E-state index >= 15 is 0 Å². The predicted octanol–water partition coefficient (Wildman–Crippen LogP) is 3.68. The molecule has 0 aromatic heterocycles. The molecule has 0 N–H and O–H groups in total. The lowest BCUT2D eigenvalue weighted by Gasteiger charge is -2.26. The van der Waals surface area contributed by atoms with Crippen LogP contribution in [0.15, 0.2) is 17.0 Å². The molecular formula is C14H21ClFNO2S. The fourth-order valence-corrected chi connectivity index (χ4v) is 4.05. The Bertz CT molecular complexity index is 571. The molecule has 6 heteroatoms. The Balaban J connectivity index is 3.32. The lowest BCUT2D eigenvalue weighted by molar-refractivity contribution is 0.349. The fourth-order valence-electron chi connectivity index (χ4n) is 2.22. The average Bonchev–Trinajstić information content (AvgIpc) is 2.42. The first kappa shape index (κ1) is 17.4. The third-order valence-corrected chi connectivity index (χ3v) is 5.76. The van der Waals surface area contributed by atoms with Gasteiger partial charge in [-0.2, -0.15) is 4.31 Å². The standard InChI is InChI=1S/C14H21ClFNO2S/c1-5-12(6-2)17(4)20(18,19)13-7-10(3)14(16)11(8-13)9-15/h7-8,12H,5-6,9H2,1-4H3. The van der Waals surface area contributed by atoms with Crippen LogP contribution < -0.4 is 0 Å². The first-order chi connectivity index (χ1) is 9.29. The second kappa shape index (κ2) is 6.87. The van der Waals surface area contributed by atoms with Gasteiger partial charge >= 0.3 is 0 Å². The van der Waals surface area contributed by atoms with Gasteiger partial charge in [0.1, 0.15) is 5.82 Å². The minimum atomic E-state index is -3.63. The van der Waals surface area contributed by atoms with Crippen LogP contribution in [-0.2, 0) is 15.9 Å². The molecule has 0 fully saturated rings. The van der Waals surface area contributed by atoms with Crippen molar-refractivity contribution in [2.45, 2.75) is 50.4 Å². The fraction of sp³-hybridized carbons (Fsp3) is 0.571. The van der Waals surface area contributed by atoms with E-state index in [1.165, 1.54) is 16.4 Å². The van der Waals surface area contributed by atoms with E-state index in [9.17, 15) is 12.8 Å². The molecule has 0 saturated heterocycles. The molecule has 0 atom stereocenters. The molecule has 0 bridgehead atoms.